The molecule has 0 radical (unpaired) electrons. The molecule has 5 N–H and O–H groups in total. The Hall–Kier alpha value is -0.680. The lowest BCUT2D eigenvalue weighted by Crippen LogP contribution is -2.15. The van der Waals surface area contributed by atoms with E-state index in [9.17, 15) is 9.59 Å². The zero-order valence-electron chi connectivity index (χ0n) is 12.4. The molecule has 142 valence electrons. The van der Waals surface area contributed by atoms with Crippen molar-refractivity contribution in [3.63, 3.8) is 0 Å². The van der Waals surface area contributed by atoms with Crippen molar-refractivity contribution < 1.29 is 39.9 Å². The zero-order chi connectivity index (χ0) is 19.7. The largest absolute Gasteiger partial charge is 0.394 e. The highest BCUT2D eigenvalue weighted by Gasteiger charge is 2.37. The summed E-state index contributed by atoms with van der Waals surface area (Å²) in [5.74, 6) is -1.75. The molecule has 0 amide bonds. The first-order valence-corrected chi connectivity index (χ1v) is 7.92. The molecule has 0 saturated heterocycles. The monoisotopic (exact) mass is 438 g/mol. The van der Waals surface area contributed by atoms with E-state index in [1.165, 1.54) is 0 Å². The van der Waals surface area contributed by atoms with E-state index in [1.807, 2.05) is 0 Å². The molecule has 0 spiro atoms. The lowest BCUT2D eigenvalue weighted by molar-refractivity contribution is 0.0444. The van der Waals surface area contributed by atoms with Crippen LogP contribution in [0.25, 0.3) is 0 Å². The molecule has 25 heavy (non-hydrogen) atoms. The minimum atomic E-state index is -0.954. The number of hydrogen-bond acceptors (Lipinski definition) is 8. The van der Waals surface area contributed by atoms with Gasteiger partial charge < -0.3 is 30.3 Å². The molecule has 1 aliphatic heterocycles. The van der Waals surface area contributed by atoms with Crippen LogP contribution in [0.15, 0.2) is 0 Å². The van der Waals surface area contributed by atoms with Crippen molar-refractivity contribution in [2.24, 2.45) is 0 Å². The molecule has 0 fully saturated rings. The average Bonchev–Trinajstić information content (AvgIpc) is 2.92. The maximum atomic E-state index is 11.2. The number of aliphatic hydroxyl groups excluding tert-OH is 5. The summed E-state index contributed by atoms with van der Waals surface area (Å²) < 4.78 is 4.34. The first-order valence-electron chi connectivity index (χ1n) is 6.41. The molecule has 1 heterocycles. The van der Waals surface area contributed by atoms with Crippen LogP contribution in [0.4, 0.5) is 0 Å². The molecule has 12 heteroatoms. The third kappa shape index (κ3) is 6.52. The van der Waals surface area contributed by atoms with Gasteiger partial charge in [-0.05, 0) is 0 Å². The van der Waals surface area contributed by atoms with Crippen LogP contribution in [0, 0.1) is 0 Å². The molecule has 1 aromatic carbocycles. The first-order chi connectivity index (χ1) is 11.7. The number of esters is 2. The van der Waals surface area contributed by atoms with E-state index in [1.54, 1.807) is 0 Å². The van der Waals surface area contributed by atoms with Crippen molar-refractivity contribution in [2.75, 3.05) is 26.4 Å². The summed E-state index contributed by atoms with van der Waals surface area (Å²) in [6.45, 7) is -0.979. The van der Waals surface area contributed by atoms with Crippen LogP contribution < -0.4 is 0 Å². The summed E-state index contributed by atoms with van der Waals surface area (Å²) in [7, 11) is 0. The molecule has 0 aromatic heterocycles. The highest BCUT2D eigenvalue weighted by molar-refractivity contribution is 6.54. The van der Waals surface area contributed by atoms with E-state index in [0.717, 1.165) is 0 Å². The third-order valence-electron chi connectivity index (χ3n) is 2.38. The molecule has 0 aliphatic carbocycles. The van der Waals surface area contributed by atoms with Crippen molar-refractivity contribution in [1.29, 1.82) is 0 Å². The summed E-state index contributed by atoms with van der Waals surface area (Å²) in [5, 5.41) is 38.9. The van der Waals surface area contributed by atoms with E-state index < -0.39 is 18.0 Å². The summed E-state index contributed by atoms with van der Waals surface area (Å²) in [6, 6.07) is 0. The minimum absolute atomic E-state index is 0.0752. The van der Waals surface area contributed by atoms with Gasteiger partial charge in [0.15, 0.2) is 0 Å². The number of ether oxygens (including phenoxy) is 1. The van der Waals surface area contributed by atoms with Crippen LogP contribution in [0.3, 0.4) is 0 Å². The van der Waals surface area contributed by atoms with Crippen molar-refractivity contribution >= 4 is 58.3 Å². The number of aliphatic hydroxyl groups is 5. The van der Waals surface area contributed by atoms with Crippen molar-refractivity contribution in [3.05, 3.63) is 31.2 Å². The topological polar surface area (TPSA) is 145 Å². The van der Waals surface area contributed by atoms with Gasteiger partial charge in [0.25, 0.3) is 0 Å². The molecule has 1 aliphatic rings. The van der Waals surface area contributed by atoms with Crippen LogP contribution in [0.5, 0.6) is 0 Å². The van der Waals surface area contributed by atoms with Gasteiger partial charge in [-0.25, -0.2) is 9.59 Å². The molecular weight excluding hydrogens is 426 g/mol. The molecule has 2 rings (SSSR count). The summed E-state index contributed by atoms with van der Waals surface area (Å²) in [4.78, 5) is 22.4. The highest BCUT2D eigenvalue weighted by atomic mass is 35.5. The van der Waals surface area contributed by atoms with Gasteiger partial charge in [0.05, 0.1) is 57.6 Å². The number of benzene rings is 1. The molecule has 0 saturated carbocycles. The minimum Gasteiger partial charge on any atom is -0.394 e. The van der Waals surface area contributed by atoms with E-state index in [4.69, 9.17) is 71.9 Å². The maximum absolute atomic E-state index is 11.2. The number of cyclic esters (lactones) is 2. The van der Waals surface area contributed by atoms with Gasteiger partial charge in [-0.1, -0.05) is 46.4 Å². The predicted molar refractivity (Wildman–Crippen MR) is 90.6 cm³/mol. The van der Waals surface area contributed by atoms with Gasteiger partial charge in [-0.15, -0.1) is 0 Å². The fourth-order valence-corrected chi connectivity index (χ4v) is 2.27. The van der Waals surface area contributed by atoms with Gasteiger partial charge in [0.1, 0.15) is 6.10 Å². The Balaban J connectivity index is 0.000000481. The quantitative estimate of drug-likeness (QED) is 0.202. The van der Waals surface area contributed by atoms with Gasteiger partial charge in [-0.2, -0.15) is 0 Å². The second-order valence-corrected chi connectivity index (χ2v) is 5.66. The van der Waals surface area contributed by atoms with Crippen LogP contribution in [0.2, 0.25) is 20.1 Å². The van der Waals surface area contributed by atoms with Gasteiger partial charge >= 0.3 is 11.9 Å². The highest BCUT2D eigenvalue weighted by Crippen LogP contribution is 2.43. The molecular formula is C13H14Cl4O8. The Labute approximate surface area is 162 Å². The number of halogens is 4. The standard InChI is InChI=1S/C8Cl4O3.C3H8O3.C2H6O2/c9-3-1-2(8(14)15-7(1)13)4(10)6(12)5(3)11;4-1-3(6)2-5;3-1-2-4/h;3-6H,1-2H2;3-4H,1-2H2. The SMILES string of the molecule is O=C1OC(=O)c2c(Cl)c(Cl)c(Cl)c(Cl)c21.OCC(O)CO.OCCO. The van der Waals surface area contributed by atoms with Crippen LogP contribution in [-0.2, 0) is 4.74 Å². The average molecular weight is 440 g/mol. The van der Waals surface area contributed by atoms with Crippen molar-refractivity contribution in [1.82, 2.24) is 0 Å². The number of fused-ring (bicyclic) bond motifs is 1. The fourth-order valence-electron chi connectivity index (χ4n) is 1.26. The van der Waals surface area contributed by atoms with Crippen LogP contribution in [-0.4, -0.2) is 70.0 Å². The van der Waals surface area contributed by atoms with Crippen molar-refractivity contribution in [3.8, 4) is 0 Å². The second kappa shape index (κ2) is 11.8. The van der Waals surface area contributed by atoms with E-state index in [0.29, 0.717) is 0 Å². The summed E-state index contributed by atoms with van der Waals surface area (Å²) in [5.41, 5.74) is -0.276. The van der Waals surface area contributed by atoms with Crippen LogP contribution >= 0.6 is 46.4 Å². The zero-order valence-corrected chi connectivity index (χ0v) is 15.4. The smallest absolute Gasteiger partial charge is 0.348 e. The molecule has 1 aromatic rings. The summed E-state index contributed by atoms with van der Waals surface area (Å²) >= 11 is 22.9. The Morgan fingerprint density at radius 2 is 1.04 bits per heavy atom. The molecule has 0 atom stereocenters. The maximum Gasteiger partial charge on any atom is 0.348 e. The number of rotatable bonds is 3. The fraction of sp³-hybridized carbons (Fsp3) is 0.385. The van der Waals surface area contributed by atoms with E-state index >= 15 is 0 Å². The Morgan fingerprint density at radius 3 is 1.24 bits per heavy atom. The lowest BCUT2D eigenvalue weighted by atomic mass is 10.1. The summed E-state index contributed by atoms with van der Waals surface area (Å²) in [6.07, 6.45) is -0.954. The van der Waals surface area contributed by atoms with Crippen molar-refractivity contribution in [2.45, 2.75) is 6.10 Å². The third-order valence-corrected chi connectivity index (χ3v) is 4.18. The van der Waals surface area contributed by atoms with Crippen LogP contribution in [0.1, 0.15) is 20.7 Å². The van der Waals surface area contributed by atoms with Gasteiger partial charge in [0, 0.05) is 0 Å². The van der Waals surface area contributed by atoms with Gasteiger partial charge in [0.2, 0.25) is 0 Å². The number of carbonyl (C=O) groups excluding carboxylic acids is 2. The lowest BCUT2D eigenvalue weighted by Gasteiger charge is -2.04. The Bertz CT molecular complexity index is 572. The predicted octanol–water partition coefficient (Wildman–Crippen LogP) is 0.914. The normalized spacial score (nSPS) is 12.1. The molecule has 8 nitrogen and oxygen atoms in total. The first kappa shape index (κ1) is 24.3. The number of hydrogen-bond donors (Lipinski definition) is 5. The van der Waals surface area contributed by atoms with Gasteiger partial charge in [-0.3, -0.25) is 0 Å². The molecule has 0 bridgehead atoms. The Morgan fingerprint density at radius 1 is 0.720 bits per heavy atom. The second-order valence-electron chi connectivity index (χ2n) is 4.15. The number of carbonyl (C=O) groups is 2. The Kier molecular flexibility index (Phi) is 11.5. The van der Waals surface area contributed by atoms with E-state index in [-0.39, 0.29) is 57.6 Å². The van der Waals surface area contributed by atoms with E-state index in [2.05, 4.69) is 4.74 Å². The molecule has 0 unspecified atom stereocenters.